The molecular formula is C28H24BrIN2O5. The van der Waals surface area contributed by atoms with Crippen LogP contribution in [-0.4, -0.2) is 25.0 Å². The van der Waals surface area contributed by atoms with Crippen LogP contribution >= 0.6 is 38.5 Å². The van der Waals surface area contributed by atoms with Crippen molar-refractivity contribution in [1.82, 2.24) is 5.32 Å². The fourth-order valence-corrected chi connectivity index (χ4v) is 5.18. The minimum absolute atomic E-state index is 0.163. The van der Waals surface area contributed by atoms with E-state index in [9.17, 15) is 14.4 Å². The van der Waals surface area contributed by atoms with Crippen LogP contribution in [0.2, 0.25) is 0 Å². The number of rotatable bonds is 6. The second-order valence-electron chi connectivity index (χ2n) is 8.63. The summed E-state index contributed by atoms with van der Waals surface area (Å²) in [7, 11) is 1.53. The molecule has 1 aliphatic rings. The largest absolute Gasteiger partial charge is 0.493 e. The molecule has 1 N–H and O–H groups in total. The van der Waals surface area contributed by atoms with Gasteiger partial charge >= 0.3 is 6.03 Å². The van der Waals surface area contributed by atoms with Crippen molar-refractivity contribution in [3.8, 4) is 11.5 Å². The lowest BCUT2D eigenvalue weighted by Gasteiger charge is -2.27. The maximum absolute atomic E-state index is 13.3. The number of hydrogen-bond donors (Lipinski definition) is 1. The van der Waals surface area contributed by atoms with E-state index in [4.69, 9.17) is 9.47 Å². The fourth-order valence-electron chi connectivity index (χ4n) is 3.92. The highest BCUT2D eigenvalue weighted by atomic mass is 127. The Hall–Kier alpha value is -3.18. The third-order valence-corrected chi connectivity index (χ3v) is 7.31. The number of carbonyl (C=O) groups is 3. The minimum Gasteiger partial charge on any atom is -0.493 e. The highest BCUT2D eigenvalue weighted by Crippen LogP contribution is 2.36. The van der Waals surface area contributed by atoms with Crippen molar-refractivity contribution in [2.45, 2.75) is 27.4 Å². The van der Waals surface area contributed by atoms with Gasteiger partial charge in [-0.05, 0) is 108 Å². The molecule has 190 valence electrons. The van der Waals surface area contributed by atoms with Crippen LogP contribution < -0.4 is 19.7 Å². The van der Waals surface area contributed by atoms with Crippen molar-refractivity contribution < 1.29 is 23.9 Å². The zero-order chi connectivity index (χ0) is 26.9. The molecule has 0 radical (unpaired) electrons. The zero-order valence-corrected chi connectivity index (χ0v) is 24.4. The highest BCUT2D eigenvalue weighted by Gasteiger charge is 2.37. The third kappa shape index (κ3) is 5.72. The molecule has 4 rings (SSSR count). The van der Waals surface area contributed by atoms with Gasteiger partial charge in [-0.15, -0.1) is 0 Å². The Morgan fingerprint density at radius 3 is 2.41 bits per heavy atom. The molecule has 0 spiro atoms. The van der Waals surface area contributed by atoms with Gasteiger partial charge in [0.2, 0.25) is 0 Å². The van der Waals surface area contributed by atoms with Crippen LogP contribution in [0.5, 0.6) is 11.5 Å². The number of halogens is 2. The van der Waals surface area contributed by atoms with Crippen LogP contribution in [0.1, 0.15) is 27.8 Å². The molecule has 37 heavy (non-hydrogen) atoms. The first-order valence-corrected chi connectivity index (χ1v) is 13.2. The summed E-state index contributed by atoms with van der Waals surface area (Å²) in [6, 6.07) is 14.0. The lowest BCUT2D eigenvalue weighted by Crippen LogP contribution is -2.54. The van der Waals surface area contributed by atoms with Crippen LogP contribution in [0.4, 0.5) is 10.5 Å². The molecule has 1 saturated heterocycles. The maximum Gasteiger partial charge on any atom is 0.335 e. The molecule has 0 aliphatic carbocycles. The Bertz CT molecular complexity index is 1470. The van der Waals surface area contributed by atoms with Crippen LogP contribution in [0.15, 0.2) is 58.6 Å². The molecular weight excluding hydrogens is 651 g/mol. The van der Waals surface area contributed by atoms with E-state index >= 15 is 0 Å². The molecule has 1 heterocycles. The molecule has 1 fully saturated rings. The van der Waals surface area contributed by atoms with Crippen molar-refractivity contribution >= 4 is 68.1 Å². The number of barbiturate groups is 1. The van der Waals surface area contributed by atoms with Gasteiger partial charge in [0, 0.05) is 4.47 Å². The number of aryl methyl sites for hydroxylation is 3. The average molecular weight is 675 g/mol. The molecule has 4 amide bonds. The topological polar surface area (TPSA) is 84.9 Å². The van der Waals surface area contributed by atoms with Crippen molar-refractivity contribution in [2.24, 2.45) is 0 Å². The van der Waals surface area contributed by atoms with E-state index in [1.54, 1.807) is 37.3 Å². The van der Waals surface area contributed by atoms with Crippen LogP contribution in [0.3, 0.4) is 0 Å². The quantitative estimate of drug-likeness (QED) is 0.190. The lowest BCUT2D eigenvalue weighted by molar-refractivity contribution is -0.122. The number of methoxy groups -OCH3 is 1. The molecule has 0 aromatic heterocycles. The molecule has 3 aromatic rings. The number of anilines is 1. The number of hydrogen-bond acceptors (Lipinski definition) is 5. The molecule has 0 atom stereocenters. The molecule has 0 saturated carbocycles. The minimum atomic E-state index is -0.792. The van der Waals surface area contributed by atoms with Gasteiger partial charge < -0.3 is 9.47 Å². The fraction of sp³-hybridized carbons (Fsp3) is 0.179. The Kier molecular flexibility index (Phi) is 8.03. The van der Waals surface area contributed by atoms with Crippen LogP contribution in [-0.2, 0) is 16.2 Å². The highest BCUT2D eigenvalue weighted by molar-refractivity contribution is 14.1. The summed E-state index contributed by atoms with van der Waals surface area (Å²) in [4.78, 5) is 39.5. The van der Waals surface area contributed by atoms with Gasteiger partial charge in [-0.1, -0.05) is 34.1 Å². The van der Waals surface area contributed by atoms with Crippen molar-refractivity contribution in [3.05, 3.63) is 90.0 Å². The monoisotopic (exact) mass is 674 g/mol. The number of nitrogens with zero attached hydrogens (tertiary/aromatic N) is 1. The van der Waals surface area contributed by atoms with E-state index in [1.165, 1.54) is 24.3 Å². The van der Waals surface area contributed by atoms with Crippen LogP contribution in [0.25, 0.3) is 6.08 Å². The number of amides is 4. The first kappa shape index (κ1) is 26.9. The number of nitrogens with one attached hydrogen (secondary N) is 1. The van der Waals surface area contributed by atoms with Crippen LogP contribution in [0, 0.1) is 24.3 Å². The third-order valence-electron chi connectivity index (χ3n) is 6.02. The molecule has 0 bridgehead atoms. The SMILES string of the molecule is COc1cc(/C=C2/C(=O)NC(=O)N(c3ccc(Br)cc3C)C2=O)cc(I)c1OCc1ccc(C)c(C)c1. The van der Waals surface area contributed by atoms with E-state index in [-0.39, 0.29) is 5.57 Å². The first-order chi connectivity index (χ1) is 17.6. The van der Waals surface area contributed by atoms with E-state index in [1.807, 2.05) is 6.07 Å². The second-order valence-corrected chi connectivity index (χ2v) is 10.7. The molecule has 0 unspecified atom stereocenters. The zero-order valence-electron chi connectivity index (χ0n) is 20.6. The number of imide groups is 2. The number of urea groups is 1. The van der Waals surface area contributed by atoms with E-state index in [0.29, 0.717) is 34.9 Å². The Morgan fingerprint density at radius 2 is 1.73 bits per heavy atom. The van der Waals surface area contributed by atoms with E-state index in [0.717, 1.165) is 18.5 Å². The maximum atomic E-state index is 13.3. The Morgan fingerprint density at radius 1 is 0.973 bits per heavy atom. The van der Waals surface area contributed by atoms with Crippen molar-refractivity contribution in [2.75, 3.05) is 12.0 Å². The smallest absolute Gasteiger partial charge is 0.335 e. The van der Waals surface area contributed by atoms with Gasteiger partial charge in [0.25, 0.3) is 11.8 Å². The summed E-state index contributed by atoms with van der Waals surface area (Å²) in [6.07, 6.45) is 1.45. The summed E-state index contributed by atoms with van der Waals surface area (Å²) >= 11 is 5.51. The summed E-state index contributed by atoms with van der Waals surface area (Å²) in [5, 5.41) is 2.26. The van der Waals surface area contributed by atoms with Gasteiger partial charge in [0.05, 0.1) is 16.4 Å². The number of benzene rings is 3. The predicted molar refractivity (Wildman–Crippen MR) is 154 cm³/mol. The first-order valence-electron chi connectivity index (χ1n) is 11.3. The van der Waals surface area contributed by atoms with Gasteiger partial charge in [0.1, 0.15) is 12.2 Å². The molecule has 7 nitrogen and oxygen atoms in total. The Labute approximate surface area is 237 Å². The van der Waals surface area contributed by atoms with Crippen molar-refractivity contribution in [1.29, 1.82) is 0 Å². The number of carbonyl (C=O) groups excluding carboxylic acids is 3. The summed E-state index contributed by atoms with van der Waals surface area (Å²) in [5.74, 6) is -0.443. The van der Waals surface area contributed by atoms with Crippen molar-refractivity contribution in [3.63, 3.8) is 0 Å². The predicted octanol–water partition coefficient (Wildman–Crippen LogP) is 6.23. The summed E-state index contributed by atoms with van der Waals surface area (Å²) in [5.41, 5.74) is 4.92. The number of ether oxygens (including phenoxy) is 2. The van der Waals surface area contributed by atoms with Gasteiger partial charge in [-0.25, -0.2) is 9.69 Å². The van der Waals surface area contributed by atoms with E-state index < -0.39 is 17.8 Å². The van der Waals surface area contributed by atoms with Gasteiger partial charge in [0.15, 0.2) is 11.5 Å². The lowest BCUT2D eigenvalue weighted by atomic mass is 10.1. The standard InChI is InChI=1S/C28H24BrIN2O5/c1-15-5-6-18(9-16(15)2)14-37-25-22(30)12-19(13-24(25)36-4)11-21-26(33)31-28(35)32(27(21)34)23-8-7-20(29)10-17(23)3/h5-13H,14H2,1-4H3,(H,31,33,35)/b21-11-. The van der Waals surface area contributed by atoms with Gasteiger partial charge in [-0.3, -0.25) is 14.9 Å². The van der Waals surface area contributed by atoms with E-state index in [2.05, 4.69) is 69.8 Å². The molecule has 9 heteroatoms. The summed E-state index contributed by atoms with van der Waals surface area (Å²) < 4.78 is 13.2. The molecule has 1 aliphatic heterocycles. The summed E-state index contributed by atoms with van der Waals surface area (Å²) in [6.45, 7) is 6.26. The second kappa shape index (κ2) is 11.1. The normalized spacial score (nSPS) is 14.7. The van der Waals surface area contributed by atoms with Gasteiger partial charge in [-0.2, -0.15) is 0 Å². The molecule has 3 aromatic carbocycles. The average Bonchev–Trinajstić information content (AvgIpc) is 2.84. The Balaban J connectivity index is 1.65.